The third kappa shape index (κ3) is 4.46. The van der Waals surface area contributed by atoms with Crippen LogP contribution in [0.15, 0.2) is 23.1 Å². The number of nitrogens with one attached hydrogen (secondary N) is 1. The molecule has 7 heteroatoms. The molecule has 2 N–H and O–H groups in total. The molecule has 1 aliphatic carbocycles. The number of hydrogen-bond acceptors (Lipinski definition) is 6. The van der Waals surface area contributed by atoms with Crippen molar-refractivity contribution < 1.29 is 14.6 Å². The van der Waals surface area contributed by atoms with Crippen LogP contribution in [0.1, 0.15) is 38.5 Å². The SMILES string of the molecule is O=C1/C(=C\C=C\C2CCCO2)SC(=S)N1NCC1CCCCC1O. The van der Waals surface area contributed by atoms with Gasteiger partial charge in [0.25, 0.3) is 5.91 Å². The standard InChI is InChI=1S/C17H24N2O3S2/c20-14-8-2-1-5-12(14)11-18-19-16(21)15(24-17(19)23)9-3-6-13-7-4-10-22-13/h3,6,9,12-14,18,20H,1-2,4-5,7-8,10-11H2/b6-3+,15-9+. The normalized spacial score (nSPS) is 33.3. The van der Waals surface area contributed by atoms with E-state index in [9.17, 15) is 9.90 Å². The molecule has 24 heavy (non-hydrogen) atoms. The van der Waals surface area contributed by atoms with Crippen molar-refractivity contribution in [1.29, 1.82) is 0 Å². The number of carbonyl (C=O) groups is 1. The Morgan fingerprint density at radius 1 is 1.33 bits per heavy atom. The van der Waals surface area contributed by atoms with Crippen LogP contribution in [0.25, 0.3) is 0 Å². The highest BCUT2D eigenvalue weighted by Gasteiger charge is 2.33. The van der Waals surface area contributed by atoms with Crippen molar-refractivity contribution in [2.75, 3.05) is 13.2 Å². The van der Waals surface area contributed by atoms with Gasteiger partial charge >= 0.3 is 0 Å². The zero-order valence-corrected chi connectivity index (χ0v) is 15.3. The molecular weight excluding hydrogens is 344 g/mol. The van der Waals surface area contributed by atoms with Gasteiger partial charge in [-0.15, -0.1) is 0 Å². The molecule has 0 spiro atoms. The maximum atomic E-state index is 12.5. The van der Waals surface area contributed by atoms with E-state index in [0.717, 1.165) is 45.1 Å². The second kappa shape index (κ2) is 8.58. The summed E-state index contributed by atoms with van der Waals surface area (Å²) in [5.41, 5.74) is 3.11. The Kier molecular flexibility index (Phi) is 6.46. The minimum atomic E-state index is -0.283. The molecule has 3 fully saturated rings. The molecule has 0 aromatic carbocycles. The number of hydrazine groups is 1. The molecule has 2 saturated heterocycles. The Balaban J connectivity index is 1.53. The molecule has 2 heterocycles. The van der Waals surface area contributed by atoms with E-state index in [1.54, 1.807) is 6.08 Å². The molecule has 3 rings (SSSR count). The average Bonchev–Trinajstić information content (AvgIpc) is 3.17. The van der Waals surface area contributed by atoms with E-state index in [4.69, 9.17) is 17.0 Å². The minimum Gasteiger partial charge on any atom is -0.393 e. The van der Waals surface area contributed by atoms with Crippen LogP contribution in [0, 0.1) is 5.92 Å². The van der Waals surface area contributed by atoms with Crippen LogP contribution in [0.5, 0.6) is 0 Å². The van der Waals surface area contributed by atoms with Gasteiger partial charge < -0.3 is 9.84 Å². The van der Waals surface area contributed by atoms with Gasteiger partial charge in [-0.2, -0.15) is 0 Å². The van der Waals surface area contributed by atoms with Gasteiger partial charge in [0.1, 0.15) is 0 Å². The summed E-state index contributed by atoms with van der Waals surface area (Å²) in [5, 5.41) is 11.5. The monoisotopic (exact) mass is 368 g/mol. The minimum absolute atomic E-state index is 0.118. The number of rotatable bonds is 5. The number of nitrogens with zero attached hydrogens (tertiary/aromatic N) is 1. The highest BCUT2D eigenvalue weighted by atomic mass is 32.2. The number of allylic oxidation sites excluding steroid dienone is 2. The summed E-state index contributed by atoms with van der Waals surface area (Å²) in [7, 11) is 0. The van der Waals surface area contributed by atoms with Crippen LogP contribution >= 0.6 is 24.0 Å². The third-order valence-corrected chi connectivity index (χ3v) is 6.03. The molecule has 0 aromatic heterocycles. The van der Waals surface area contributed by atoms with E-state index in [2.05, 4.69) is 5.43 Å². The first-order chi connectivity index (χ1) is 11.6. The van der Waals surface area contributed by atoms with Gasteiger partial charge in [0.15, 0.2) is 4.32 Å². The maximum absolute atomic E-state index is 12.5. The molecule has 3 atom stereocenters. The number of thioether (sulfide) groups is 1. The van der Waals surface area contributed by atoms with Crippen molar-refractivity contribution in [3.05, 3.63) is 23.1 Å². The molecule has 0 aromatic rings. The highest BCUT2D eigenvalue weighted by Crippen LogP contribution is 2.30. The largest absolute Gasteiger partial charge is 0.393 e. The first-order valence-corrected chi connectivity index (χ1v) is 9.85. The molecule has 132 valence electrons. The quantitative estimate of drug-likeness (QED) is 0.574. The van der Waals surface area contributed by atoms with Gasteiger partial charge in [-0.3, -0.25) is 4.79 Å². The van der Waals surface area contributed by atoms with Gasteiger partial charge in [-0.1, -0.05) is 49.0 Å². The van der Waals surface area contributed by atoms with Crippen LogP contribution in [-0.4, -0.2) is 45.7 Å². The molecule has 3 unspecified atom stereocenters. The lowest BCUT2D eigenvalue weighted by Gasteiger charge is -2.29. The average molecular weight is 369 g/mol. The first kappa shape index (κ1) is 18.1. The second-order valence-corrected chi connectivity index (χ2v) is 8.13. The molecule has 0 radical (unpaired) electrons. The summed E-state index contributed by atoms with van der Waals surface area (Å²) in [5.74, 6) is 0.0686. The van der Waals surface area contributed by atoms with E-state index < -0.39 is 0 Å². The van der Waals surface area contributed by atoms with Gasteiger partial charge in [0.05, 0.1) is 17.1 Å². The van der Waals surface area contributed by atoms with E-state index >= 15 is 0 Å². The van der Waals surface area contributed by atoms with E-state index in [0.29, 0.717) is 15.8 Å². The lowest BCUT2D eigenvalue weighted by Crippen LogP contribution is -2.46. The summed E-state index contributed by atoms with van der Waals surface area (Å²) in [6, 6.07) is 0. The molecule has 1 amide bonds. The Labute approximate surface area is 152 Å². The fourth-order valence-electron chi connectivity index (χ4n) is 3.27. The molecule has 0 bridgehead atoms. The van der Waals surface area contributed by atoms with Gasteiger partial charge in [-0.05, 0) is 37.7 Å². The predicted octanol–water partition coefficient (Wildman–Crippen LogP) is 2.52. The summed E-state index contributed by atoms with van der Waals surface area (Å²) in [6.45, 7) is 1.39. The van der Waals surface area contributed by atoms with Crippen LogP contribution in [0.2, 0.25) is 0 Å². The first-order valence-electron chi connectivity index (χ1n) is 8.63. The van der Waals surface area contributed by atoms with Crippen LogP contribution in [-0.2, 0) is 9.53 Å². The van der Waals surface area contributed by atoms with Crippen molar-refractivity contribution in [3.8, 4) is 0 Å². The Hall–Kier alpha value is -0.730. The molecule has 2 aliphatic heterocycles. The third-order valence-electron chi connectivity index (χ3n) is 4.71. The van der Waals surface area contributed by atoms with Gasteiger partial charge in [-0.25, -0.2) is 10.4 Å². The Bertz CT molecular complexity index is 544. The number of hydrogen-bond donors (Lipinski definition) is 2. The van der Waals surface area contributed by atoms with Crippen LogP contribution in [0.4, 0.5) is 0 Å². The maximum Gasteiger partial charge on any atom is 0.280 e. The fourth-order valence-corrected chi connectivity index (χ4v) is 4.44. The fraction of sp³-hybridized carbons (Fsp3) is 0.647. The van der Waals surface area contributed by atoms with Crippen molar-refractivity contribution >= 4 is 34.2 Å². The number of amides is 1. The van der Waals surface area contributed by atoms with Gasteiger partial charge in [0, 0.05) is 13.2 Å². The molecule has 5 nitrogen and oxygen atoms in total. The smallest absolute Gasteiger partial charge is 0.280 e. The van der Waals surface area contributed by atoms with Crippen molar-refractivity contribution in [2.24, 2.45) is 5.92 Å². The molecule has 1 saturated carbocycles. The number of aliphatic hydroxyl groups excluding tert-OH is 1. The summed E-state index contributed by atoms with van der Waals surface area (Å²) in [6.07, 6.45) is 11.7. The zero-order chi connectivity index (χ0) is 16.9. The topological polar surface area (TPSA) is 61.8 Å². The summed E-state index contributed by atoms with van der Waals surface area (Å²) >= 11 is 6.61. The van der Waals surface area contributed by atoms with Crippen molar-refractivity contribution in [1.82, 2.24) is 10.4 Å². The van der Waals surface area contributed by atoms with E-state index in [-0.39, 0.29) is 24.0 Å². The van der Waals surface area contributed by atoms with Crippen LogP contribution in [0.3, 0.4) is 0 Å². The predicted molar refractivity (Wildman–Crippen MR) is 99.2 cm³/mol. The van der Waals surface area contributed by atoms with Gasteiger partial charge in [0.2, 0.25) is 0 Å². The lowest BCUT2D eigenvalue weighted by atomic mass is 9.87. The zero-order valence-electron chi connectivity index (χ0n) is 13.6. The van der Waals surface area contributed by atoms with Crippen LogP contribution < -0.4 is 5.43 Å². The number of thiocarbonyl (C=S) groups is 1. The van der Waals surface area contributed by atoms with Crippen molar-refractivity contribution in [2.45, 2.75) is 50.7 Å². The summed E-state index contributed by atoms with van der Waals surface area (Å²) < 4.78 is 6.04. The Morgan fingerprint density at radius 2 is 2.17 bits per heavy atom. The Morgan fingerprint density at radius 3 is 2.92 bits per heavy atom. The number of ether oxygens (including phenoxy) is 1. The lowest BCUT2D eigenvalue weighted by molar-refractivity contribution is -0.124. The summed E-state index contributed by atoms with van der Waals surface area (Å²) in [4.78, 5) is 13.1. The molecular formula is C17H24N2O3S2. The number of carbonyl (C=O) groups excluding carboxylic acids is 1. The molecule has 3 aliphatic rings. The van der Waals surface area contributed by atoms with E-state index in [1.165, 1.54) is 16.8 Å². The van der Waals surface area contributed by atoms with E-state index in [1.807, 2.05) is 12.2 Å². The number of aliphatic hydroxyl groups is 1. The second-order valence-electron chi connectivity index (χ2n) is 6.45. The highest BCUT2D eigenvalue weighted by molar-refractivity contribution is 8.26. The van der Waals surface area contributed by atoms with Crippen molar-refractivity contribution in [3.63, 3.8) is 0 Å².